The predicted molar refractivity (Wildman–Crippen MR) is 101 cm³/mol. The molecule has 0 amide bonds. The average molecular weight is 382 g/mol. The molecule has 0 radical (unpaired) electrons. The summed E-state index contributed by atoms with van der Waals surface area (Å²) >= 11 is 0. The second-order valence-electron chi connectivity index (χ2n) is 5.48. The molecule has 2 N–H and O–H groups in total. The zero-order valence-corrected chi connectivity index (χ0v) is 16.6. The third-order valence-corrected chi connectivity index (χ3v) is 9.22. The zero-order chi connectivity index (χ0) is 18.3. The molecule has 0 heterocycles. The molecule has 0 unspecified atom stereocenters. The van der Waals surface area contributed by atoms with Crippen LogP contribution in [0.25, 0.3) is 0 Å². The Hall–Kier alpha value is -1.51. The Bertz CT molecular complexity index is 590. The maximum absolute atomic E-state index is 9.55. The molecule has 0 aromatic heterocycles. The van der Waals surface area contributed by atoms with Gasteiger partial charge in [-0.3, -0.25) is 0 Å². The third-order valence-electron chi connectivity index (χ3n) is 4.01. The van der Waals surface area contributed by atoms with Crippen molar-refractivity contribution >= 4 is 19.7 Å². The molecular formula is C18H25O5SSi+. The van der Waals surface area contributed by atoms with Gasteiger partial charge in [0, 0.05) is 27.4 Å². The van der Waals surface area contributed by atoms with Gasteiger partial charge in [0.05, 0.1) is 10.9 Å². The SMILES string of the molecule is CO[Si](CCC[S+](c1ccc(O)cc1)c1ccc(O)cc1)(OC)OC. The normalized spacial score (nSPS) is 11.8. The van der Waals surface area contributed by atoms with Crippen molar-refractivity contribution in [2.75, 3.05) is 27.1 Å². The molecule has 2 rings (SSSR count). The smallest absolute Gasteiger partial charge is 0.500 e. The number of aromatic hydroxyl groups is 2. The van der Waals surface area contributed by atoms with Crippen molar-refractivity contribution < 1.29 is 23.5 Å². The van der Waals surface area contributed by atoms with Crippen LogP contribution < -0.4 is 0 Å². The molecule has 2 aromatic rings. The van der Waals surface area contributed by atoms with Crippen LogP contribution in [-0.4, -0.2) is 46.1 Å². The molecule has 0 aliphatic rings. The van der Waals surface area contributed by atoms with Gasteiger partial charge >= 0.3 is 8.80 Å². The molecule has 7 heteroatoms. The van der Waals surface area contributed by atoms with E-state index in [9.17, 15) is 10.2 Å². The minimum absolute atomic E-state index is 0.175. The standard InChI is InChI=1S/C18H24O5SSi/c1-21-25(22-2,23-3)14-4-13-24(17-9-5-15(19)6-10-17)18-11-7-16(20)8-12-18/h5-12H,4,13-14H2,1-3H3,(H-,19,20)/p+1. The second kappa shape index (κ2) is 9.26. The van der Waals surface area contributed by atoms with E-state index in [1.807, 2.05) is 24.3 Å². The highest BCUT2D eigenvalue weighted by Gasteiger charge is 2.38. The second-order valence-corrected chi connectivity index (χ2v) is 10.7. The van der Waals surface area contributed by atoms with Gasteiger partial charge in [0.2, 0.25) is 0 Å². The van der Waals surface area contributed by atoms with E-state index in [1.165, 1.54) is 0 Å². The van der Waals surface area contributed by atoms with Crippen LogP contribution in [0.3, 0.4) is 0 Å². The summed E-state index contributed by atoms with van der Waals surface area (Å²) in [6.45, 7) is 0. The van der Waals surface area contributed by atoms with Crippen molar-refractivity contribution in [3.8, 4) is 11.5 Å². The van der Waals surface area contributed by atoms with Crippen LogP contribution in [0.5, 0.6) is 11.5 Å². The Morgan fingerprint density at radius 2 is 1.16 bits per heavy atom. The van der Waals surface area contributed by atoms with Gasteiger partial charge in [0.25, 0.3) is 0 Å². The summed E-state index contributed by atoms with van der Waals surface area (Å²) in [5.74, 6) is 1.41. The number of phenolic OH excluding ortho intramolecular Hbond substituents is 2. The Morgan fingerprint density at radius 3 is 1.52 bits per heavy atom. The molecule has 0 saturated carbocycles. The number of hydrogen-bond donors (Lipinski definition) is 2. The molecule has 5 nitrogen and oxygen atoms in total. The van der Waals surface area contributed by atoms with E-state index in [0.29, 0.717) is 0 Å². The van der Waals surface area contributed by atoms with Crippen molar-refractivity contribution in [1.82, 2.24) is 0 Å². The van der Waals surface area contributed by atoms with Crippen LogP contribution in [0.15, 0.2) is 58.3 Å². The average Bonchev–Trinajstić information content (AvgIpc) is 2.65. The molecule has 2 aromatic carbocycles. The monoisotopic (exact) mass is 381 g/mol. The molecule has 0 saturated heterocycles. The van der Waals surface area contributed by atoms with Gasteiger partial charge in [0.15, 0.2) is 9.79 Å². The number of rotatable bonds is 9. The fourth-order valence-electron chi connectivity index (χ4n) is 2.58. The van der Waals surface area contributed by atoms with Gasteiger partial charge in [-0.05, 0) is 55.0 Å². The maximum atomic E-state index is 9.55. The molecule has 0 aliphatic carbocycles. The fraction of sp³-hybridized carbons (Fsp3) is 0.333. The van der Waals surface area contributed by atoms with Crippen LogP contribution >= 0.6 is 0 Å². The van der Waals surface area contributed by atoms with Gasteiger partial charge < -0.3 is 23.5 Å². The Labute approximate surface area is 152 Å². The highest BCUT2D eigenvalue weighted by atomic mass is 32.2. The van der Waals surface area contributed by atoms with E-state index in [0.717, 1.165) is 28.0 Å². The van der Waals surface area contributed by atoms with Crippen LogP contribution in [-0.2, 0) is 24.2 Å². The van der Waals surface area contributed by atoms with Gasteiger partial charge in [-0.2, -0.15) is 0 Å². The Morgan fingerprint density at radius 1 is 0.760 bits per heavy atom. The molecule has 0 fully saturated rings. The topological polar surface area (TPSA) is 68.2 Å². The molecule has 0 atom stereocenters. The summed E-state index contributed by atoms with van der Waals surface area (Å²) in [6.07, 6.45) is 0.882. The van der Waals surface area contributed by atoms with Crippen LogP contribution in [0.2, 0.25) is 6.04 Å². The lowest BCUT2D eigenvalue weighted by molar-refractivity contribution is 0.123. The van der Waals surface area contributed by atoms with E-state index < -0.39 is 8.80 Å². The van der Waals surface area contributed by atoms with Crippen LogP contribution in [0, 0.1) is 0 Å². The van der Waals surface area contributed by atoms with Gasteiger partial charge in [-0.25, -0.2) is 0 Å². The lowest BCUT2D eigenvalue weighted by atomic mass is 10.3. The first kappa shape index (κ1) is 19.8. The molecule has 25 heavy (non-hydrogen) atoms. The molecule has 0 aliphatic heterocycles. The Kier molecular flexibility index (Phi) is 7.34. The summed E-state index contributed by atoms with van der Waals surface area (Å²) in [5.41, 5.74) is 0. The summed E-state index contributed by atoms with van der Waals surface area (Å²) in [7, 11) is 2.12. The lowest BCUT2D eigenvalue weighted by Crippen LogP contribution is -2.42. The summed E-state index contributed by atoms with van der Waals surface area (Å²) in [6, 6.07) is 15.3. The van der Waals surface area contributed by atoms with E-state index in [1.54, 1.807) is 45.6 Å². The molecule has 136 valence electrons. The zero-order valence-electron chi connectivity index (χ0n) is 14.8. The van der Waals surface area contributed by atoms with E-state index >= 15 is 0 Å². The largest absolute Gasteiger partial charge is 0.508 e. The van der Waals surface area contributed by atoms with Crippen molar-refractivity contribution in [2.24, 2.45) is 0 Å². The predicted octanol–water partition coefficient (Wildman–Crippen LogP) is 3.40. The van der Waals surface area contributed by atoms with Crippen molar-refractivity contribution in [3.05, 3.63) is 48.5 Å². The summed E-state index contributed by atoms with van der Waals surface area (Å²) in [5, 5.41) is 19.1. The third kappa shape index (κ3) is 5.23. The quantitative estimate of drug-likeness (QED) is 0.515. The minimum Gasteiger partial charge on any atom is -0.508 e. The highest BCUT2D eigenvalue weighted by molar-refractivity contribution is 7.97. The first-order valence-corrected chi connectivity index (χ1v) is 11.3. The first-order valence-electron chi connectivity index (χ1n) is 7.98. The van der Waals surface area contributed by atoms with E-state index in [2.05, 4.69) is 0 Å². The summed E-state index contributed by atoms with van der Waals surface area (Å²) < 4.78 is 16.5. The van der Waals surface area contributed by atoms with Crippen molar-refractivity contribution in [2.45, 2.75) is 22.3 Å². The number of benzene rings is 2. The van der Waals surface area contributed by atoms with Gasteiger partial charge in [-0.15, -0.1) is 0 Å². The van der Waals surface area contributed by atoms with Crippen molar-refractivity contribution in [3.63, 3.8) is 0 Å². The number of hydrogen-bond acceptors (Lipinski definition) is 5. The van der Waals surface area contributed by atoms with Gasteiger partial charge in [-0.1, -0.05) is 0 Å². The number of phenols is 2. The molecular weight excluding hydrogens is 356 g/mol. The van der Waals surface area contributed by atoms with Crippen LogP contribution in [0.1, 0.15) is 6.42 Å². The van der Waals surface area contributed by atoms with Crippen molar-refractivity contribution in [1.29, 1.82) is 0 Å². The van der Waals surface area contributed by atoms with Crippen LogP contribution in [0.4, 0.5) is 0 Å². The lowest BCUT2D eigenvalue weighted by Gasteiger charge is -2.24. The fourth-order valence-corrected chi connectivity index (χ4v) is 6.67. The minimum atomic E-state index is -2.58. The molecule has 0 spiro atoms. The summed E-state index contributed by atoms with van der Waals surface area (Å²) in [4.78, 5) is 2.28. The first-order chi connectivity index (χ1) is 12.0. The van der Waals surface area contributed by atoms with Gasteiger partial charge in [0.1, 0.15) is 17.3 Å². The highest BCUT2D eigenvalue weighted by Crippen LogP contribution is 2.28. The Balaban J connectivity index is 2.17. The molecule has 0 bridgehead atoms. The van der Waals surface area contributed by atoms with E-state index in [4.69, 9.17) is 13.3 Å². The maximum Gasteiger partial charge on any atom is 0.500 e. The van der Waals surface area contributed by atoms with E-state index in [-0.39, 0.29) is 22.4 Å².